The van der Waals surface area contributed by atoms with Gasteiger partial charge in [-0.15, -0.1) is 0 Å². The van der Waals surface area contributed by atoms with Crippen molar-refractivity contribution in [2.75, 3.05) is 6.61 Å². The van der Waals surface area contributed by atoms with Crippen LogP contribution >= 0.6 is 0 Å². The molecule has 100 valence electrons. The molecule has 3 heteroatoms. The highest BCUT2D eigenvalue weighted by molar-refractivity contribution is 6.10. The van der Waals surface area contributed by atoms with Crippen LogP contribution in [0.1, 0.15) is 26.2 Å². The summed E-state index contributed by atoms with van der Waals surface area (Å²) in [6.07, 6.45) is 1.78. The van der Waals surface area contributed by atoms with E-state index >= 15 is 0 Å². The van der Waals surface area contributed by atoms with Gasteiger partial charge in [0.2, 0.25) is 0 Å². The van der Waals surface area contributed by atoms with Gasteiger partial charge >= 0.3 is 0 Å². The Kier molecular flexibility index (Phi) is 3.84. The van der Waals surface area contributed by atoms with E-state index in [1.165, 1.54) is 6.92 Å². The molecular formula is C16H18O3. The number of ketones is 2. The van der Waals surface area contributed by atoms with Crippen molar-refractivity contribution in [1.29, 1.82) is 0 Å². The molecule has 1 aromatic carbocycles. The highest BCUT2D eigenvalue weighted by Crippen LogP contribution is 2.41. The molecule has 1 fully saturated rings. The van der Waals surface area contributed by atoms with Gasteiger partial charge < -0.3 is 4.74 Å². The van der Waals surface area contributed by atoms with Gasteiger partial charge in [0.1, 0.15) is 23.6 Å². The van der Waals surface area contributed by atoms with Crippen LogP contribution in [-0.2, 0) is 9.59 Å². The number of ether oxygens (including phenoxy) is 1. The molecule has 0 amide bonds. The van der Waals surface area contributed by atoms with Crippen molar-refractivity contribution < 1.29 is 14.3 Å². The third-order valence-corrected chi connectivity index (χ3v) is 3.79. The van der Waals surface area contributed by atoms with Gasteiger partial charge in [0.15, 0.2) is 5.78 Å². The third kappa shape index (κ3) is 2.46. The van der Waals surface area contributed by atoms with Crippen molar-refractivity contribution in [3.8, 4) is 5.75 Å². The van der Waals surface area contributed by atoms with Crippen LogP contribution in [0.3, 0.4) is 0 Å². The number of para-hydroxylation sites is 1. The van der Waals surface area contributed by atoms with Crippen LogP contribution in [0, 0.1) is 5.41 Å². The molecule has 0 spiro atoms. The van der Waals surface area contributed by atoms with Crippen LogP contribution < -0.4 is 4.74 Å². The number of rotatable bonds is 5. The zero-order chi connectivity index (χ0) is 13.9. The summed E-state index contributed by atoms with van der Waals surface area (Å²) in [6, 6.07) is 9.33. The maximum absolute atomic E-state index is 12.1. The molecule has 0 aliphatic heterocycles. The molecule has 1 saturated carbocycles. The summed E-state index contributed by atoms with van der Waals surface area (Å²) < 4.78 is 5.60. The first-order valence-electron chi connectivity index (χ1n) is 6.48. The second-order valence-electron chi connectivity index (χ2n) is 4.94. The van der Waals surface area contributed by atoms with E-state index in [1.807, 2.05) is 30.3 Å². The molecule has 0 radical (unpaired) electrons. The number of benzene rings is 1. The van der Waals surface area contributed by atoms with Gasteiger partial charge in [-0.1, -0.05) is 24.8 Å². The Morgan fingerprint density at radius 3 is 2.58 bits per heavy atom. The maximum atomic E-state index is 12.1. The zero-order valence-corrected chi connectivity index (χ0v) is 11.1. The number of hydrogen-bond acceptors (Lipinski definition) is 3. The summed E-state index contributed by atoms with van der Waals surface area (Å²) in [5, 5.41) is 0. The fourth-order valence-corrected chi connectivity index (χ4v) is 2.67. The maximum Gasteiger partial charge on any atom is 0.150 e. The summed E-state index contributed by atoms with van der Waals surface area (Å²) in [5.74, 6) is 0.589. The van der Waals surface area contributed by atoms with Crippen LogP contribution in [0.2, 0.25) is 0 Å². The molecule has 0 N–H and O–H groups in total. The monoisotopic (exact) mass is 258 g/mol. The molecule has 3 nitrogen and oxygen atoms in total. The lowest BCUT2D eigenvalue weighted by atomic mass is 9.75. The van der Waals surface area contributed by atoms with E-state index in [0.29, 0.717) is 24.2 Å². The highest BCUT2D eigenvalue weighted by atomic mass is 16.5. The lowest BCUT2D eigenvalue weighted by Gasteiger charge is -2.26. The lowest BCUT2D eigenvalue weighted by molar-refractivity contribution is -0.135. The molecule has 0 bridgehead atoms. The first-order valence-corrected chi connectivity index (χ1v) is 6.48. The van der Waals surface area contributed by atoms with E-state index in [4.69, 9.17) is 4.74 Å². The van der Waals surface area contributed by atoms with Crippen LogP contribution in [-0.4, -0.2) is 18.2 Å². The molecular weight excluding hydrogens is 240 g/mol. The van der Waals surface area contributed by atoms with E-state index in [0.717, 1.165) is 6.42 Å². The van der Waals surface area contributed by atoms with E-state index in [1.54, 1.807) is 0 Å². The second kappa shape index (κ2) is 5.39. The van der Waals surface area contributed by atoms with Crippen molar-refractivity contribution in [3.05, 3.63) is 42.5 Å². The van der Waals surface area contributed by atoms with Crippen LogP contribution in [0.4, 0.5) is 0 Å². The Labute approximate surface area is 113 Å². The van der Waals surface area contributed by atoms with Gasteiger partial charge in [0.05, 0.1) is 0 Å². The molecule has 19 heavy (non-hydrogen) atoms. The van der Waals surface area contributed by atoms with E-state index in [-0.39, 0.29) is 18.2 Å². The molecule has 0 saturated heterocycles. The van der Waals surface area contributed by atoms with Crippen LogP contribution in [0.5, 0.6) is 5.75 Å². The predicted octanol–water partition coefficient (Wildman–Crippen LogP) is 2.95. The Morgan fingerprint density at radius 2 is 2.05 bits per heavy atom. The molecule has 1 aliphatic carbocycles. The molecule has 0 aromatic heterocycles. The van der Waals surface area contributed by atoms with E-state index in [9.17, 15) is 9.59 Å². The first-order chi connectivity index (χ1) is 9.07. The summed E-state index contributed by atoms with van der Waals surface area (Å²) in [6.45, 7) is 5.60. The minimum Gasteiger partial charge on any atom is -0.489 e. The van der Waals surface area contributed by atoms with Crippen molar-refractivity contribution in [2.24, 2.45) is 5.41 Å². The summed E-state index contributed by atoms with van der Waals surface area (Å²) >= 11 is 0. The molecule has 1 aromatic rings. The van der Waals surface area contributed by atoms with Crippen LogP contribution in [0.15, 0.2) is 42.5 Å². The highest BCUT2D eigenvalue weighted by Gasteiger charge is 2.48. The standard InChI is InChI=1S/C16H18O3/c1-12(11-19-14-7-4-3-5-8-14)16(13(2)17)10-6-9-15(16)18/h3-5,7-8H,1,6,9-11H2,2H3. The van der Waals surface area contributed by atoms with Gasteiger partial charge in [-0.2, -0.15) is 0 Å². The topological polar surface area (TPSA) is 43.4 Å². The second-order valence-corrected chi connectivity index (χ2v) is 4.94. The predicted molar refractivity (Wildman–Crippen MR) is 73.0 cm³/mol. The number of hydrogen-bond donors (Lipinski definition) is 0. The normalized spacial score (nSPS) is 22.3. The molecule has 1 aliphatic rings. The van der Waals surface area contributed by atoms with Gasteiger partial charge in [-0.05, 0) is 37.5 Å². The number of carbonyl (C=O) groups is 2. The minimum absolute atomic E-state index is 0.0124. The van der Waals surface area contributed by atoms with Gasteiger partial charge in [-0.3, -0.25) is 9.59 Å². The largest absolute Gasteiger partial charge is 0.489 e. The molecule has 1 unspecified atom stereocenters. The quantitative estimate of drug-likeness (QED) is 0.602. The Morgan fingerprint density at radius 1 is 1.37 bits per heavy atom. The summed E-state index contributed by atoms with van der Waals surface area (Å²) in [5.41, 5.74) is -0.430. The zero-order valence-electron chi connectivity index (χ0n) is 11.1. The molecule has 2 rings (SSSR count). The first kappa shape index (κ1) is 13.5. The summed E-state index contributed by atoms with van der Waals surface area (Å²) in [7, 11) is 0. The van der Waals surface area contributed by atoms with Crippen LogP contribution in [0.25, 0.3) is 0 Å². The smallest absolute Gasteiger partial charge is 0.150 e. The summed E-state index contributed by atoms with van der Waals surface area (Å²) in [4.78, 5) is 23.9. The van der Waals surface area contributed by atoms with Gasteiger partial charge in [0.25, 0.3) is 0 Å². The Balaban J connectivity index is 2.10. The minimum atomic E-state index is -1.01. The van der Waals surface area contributed by atoms with Crippen molar-refractivity contribution >= 4 is 11.6 Å². The average Bonchev–Trinajstić information content (AvgIpc) is 2.80. The lowest BCUT2D eigenvalue weighted by Crippen LogP contribution is -2.37. The fourth-order valence-electron chi connectivity index (χ4n) is 2.67. The van der Waals surface area contributed by atoms with Crippen molar-refractivity contribution in [3.63, 3.8) is 0 Å². The number of Topliss-reactive ketones (excluding diaryl/α,β-unsaturated/α-hetero) is 2. The third-order valence-electron chi connectivity index (χ3n) is 3.79. The van der Waals surface area contributed by atoms with Gasteiger partial charge in [-0.25, -0.2) is 0 Å². The van der Waals surface area contributed by atoms with Crippen molar-refractivity contribution in [2.45, 2.75) is 26.2 Å². The fraction of sp³-hybridized carbons (Fsp3) is 0.375. The Bertz CT molecular complexity index is 504. The number of carbonyl (C=O) groups excluding carboxylic acids is 2. The average molecular weight is 258 g/mol. The van der Waals surface area contributed by atoms with E-state index < -0.39 is 5.41 Å². The van der Waals surface area contributed by atoms with Gasteiger partial charge in [0, 0.05) is 6.42 Å². The van der Waals surface area contributed by atoms with Crippen molar-refractivity contribution in [1.82, 2.24) is 0 Å². The Hall–Kier alpha value is -1.90. The molecule has 1 atom stereocenters. The van der Waals surface area contributed by atoms with E-state index in [2.05, 4.69) is 6.58 Å². The molecule has 0 heterocycles. The SMILES string of the molecule is C=C(COc1ccccc1)C1(C(C)=O)CCCC1=O.